The lowest BCUT2D eigenvalue weighted by molar-refractivity contribution is -0.193. The summed E-state index contributed by atoms with van der Waals surface area (Å²) in [6.45, 7) is 0.217. The Balaban J connectivity index is 1.13. The van der Waals surface area contributed by atoms with Crippen LogP contribution in [0.4, 0.5) is 13.2 Å². The molecule has 0 spiro atoms. The van der Waals surface area contributed by atoms with Crippen molar-refractivity contribution in [3.63, 3.8) is 0 Å². The van der Waals surface area contributed by atoms with Gasteiger partial charge >= 0.3 is 6.18 Å². The molecule has 0 N–H and O–H groups in total. The molecule has 2 heterocycles. The van der Waals surface area contributed by atoms with E-state index in [0.717, 1.165) is 31.5 Å². The highest BCUT2D eigenvalue weighted by Gasteiger charge is 2.42. The van der Waals surface area contributed by atoms with Gasteiger partial charge in [0.2, 0.25) is 0 Å². The van der Waals surface area contributed by atoms with E-state index in [1.165, 1.54) is 37.7 Å². The number of hydrogen-bond acceptors (Lipinski definition) is 4. The lowest BCUT2D eigenvalue weighted by Gasteiger charge is -2.30. The largest absolute Gasteiger partial charge is 0.391 e. The van der Waals surface area contributed by atoms with E-state index < -0.39 is 12.1 Å². The Labute approximate surface area is 205 Å². The normalized spacial score (nSPS) is 28.9. The number of nitrogens with zero attached hydrogens (tertiary/aromatic N) is 5. The molecular weight excluding hydrogens is 455 g/mol. The van der Waals surface area contributed by atoms with E-state index in [1.54, 1.807) is 0 Å². The summed E-state index contributed by atoms with van der Waals surface area (Å²) in [4.78, 5) is 0. The second-order valence-electron chi connectivity index (χ2n) is 11.0. The van der Waals surface area contributed by atoms with Crippen molar-refractivity contribution in [3.05, 3.63) is 29.6 Å². The summed E-state index contributed by atoms with van der Waals surface area (Å²) in [5, 5.41) is 13.5. The van der Waals surface area contributed by atoms with E-state index in [-0.39, 0.29) is 25.6 Å². The fraction of sp³-hybridized carbons (Fsp3) is 0.808. The minimum atomic E-state index is -4.13. The second-order valence-corrected chi connectivity index (χ2v) is 11.0. The molecule has 0 bridgehead atoms. The summed E-state index contributed by atoms with van der Waals surface area (Å²) in [6, 6.07) is 0.570. The SMILES string of the molecule is Cn1c(COC2CCCC(C(F)(F)F)C2)nnc1[C@H]1CC[C@H](c2cnn(C3CCCCC3)c2)CC1. The van der Waals surface area contributed by atoms with Crippen LogP contribution in [-0.2, 0) is 18.4 Å². The molecule has 35 heavy (non-hydrogen) atoms. The molecule has 2 aromatic heterocycles. The number of alkyl halides is 3. The average molecular weight is 494 g/mol. The number of halogens is 3. The van der Waals surface area contributed by atoms with Gasteiger partial charge in [-0.2, -0.15) is 18.3 Å². The Hall–Kier alpha value is -1.90. The van der Waals surface area contributed by atoms with Gasteiger partial charge in [0, 0.05) is 19.2 Å². The van der Waals surface area contributed by atoms with E-state index in [1.807, 2.05) is 11.6 Å². The molecule has 2 unspecified atom stereocenters. The van der Waals surface area contributed by atoms with Gasteiger partial charge in [-0.05, 0) is 69.3 Å². The van der Waals surface area contributed by atoms with Crippen LogP contribution in [0, 0.1) is 5.92 Å². The maximum atomic E-state index is 13.1. The summed E-state index contributed by atoms with van der Waals surface area (Å²) in [7, 11) is 1.95. The molecule has 2 aromatic rings. The summed E-state index contributed by atoms with van der Waals surface area (Å²) in [5.41, 5.74) is 1.37. The topological polar surface area (TPSA) is 57.8 Å². The zero-order valence-electron chi connectivity index (χ0n) is 20.7. The average Bonchev–Trinajstić information content (AvgIpc) is 3.50. The zero-order chi connectivity index (χ0) is 24.4. The number of hydrogen-bond donors (Lipinski definition) is 0. The first kappa shape index (κ1) is 24.8. The van der Waals surface area contributed by atoms with Crippen LogP contribution in [0.5, 0.6) is 0 Å². The predicted molar refractivity (Wildman–Crippen MR) is 126 cm³/mol. The standard InChI is InChI=1S/C26H38F3N5O/c1-33-24(17-35-23-9-5-6-21(14-23)26(27,28)29)31-32-25(33)19-12-10-18(11-13-19)20-15-30-34(16-20)22-7-3-2-4-8-22/h15-16,18-19,21-23H,2-14,17H2,1H3/t18-,19-,21?,23?. The van der Waals surface area contributed by atoms with Gasteiger partial charge in [-0.15, -0.1) is 10.2 Å². The van der Waals surface area contributed by atoms with Gasteiger partial charge in [0.25, 0.3) is 0 Å². The molecule has 0 amide bonds. The molecule has 0 saturated heterocycles. The van der Waals surface area contributed by atoms with Crippen LogP contribution in [0.25, 0.3) is 0 Å². The van der Waals surface area contributed by atoms with Gasteiger partial charge in [0.05, 0.1) is 24.3 Å². The lowest BCUT2D eigenvalue weighted by atomic mass is 9.79. The molecule has 194 valence electrons. The Bertz CT molecular complexity index is 957. The van der Waals surface area contributed by atoms with Crippen molar-refractivity contribution in [2.75, 3.05) is 0 Å². The first-order valence-corrected chi connectivity index (χ1v) is 13.5. The maximum Gasteiger partial charge on any atom is 0.391 e. The fourth-order valence-corrected chi connectivity index (χ4v) is 6.44. The van der Waals surface area contributed by atoms with Crippen LogP contribution in [-0.4, -0.2) is 36.8 Å². The third-order valence-corrected chi connectivity index (χ3v) is 8.67. The van der Waals surface area contributed by atoms with Gasteiger partial charge in [0.15, 0.2) is 5.82 Å². The molecule has 3 saturated carbocycles. The molecule has 0 aromatic carbocycles. The van der Waals surface area contributed by atoms with Gasteiger partial charge in [-0.3, -0.25) is 4.68 Å². The highest BCUT2D eigenvalue weighted by atomic mass is 19.4. The van der Waals surface area contributed by atoms with Crippen LogP contribution in [0.15, 0.2) is 12.4 Å². The number of aromatic nitrogens is 5. The van der Waals surface area contributed by atoms with Crippen molar-refractivity contribution in [1.29, 1.82) is 0 Å². The van der Waals surface area contributed by atoms with Crippen molar-refractivity contribution in [3.8, 4) is 0 Å². The first-order valence-electron chi connectivity index (χ1n) is 13.5. The number of ether oxygens (including phenoxy) is 1. The minimum absolute atomic E-state index is 0.0511. The Morgan fingerprint density at radius 3 is 2.40 bits per heavy atom. The molecular formula is C26H38F3N5O. The van der Waals surface area contributed by atoms with E-state index in [0.29, 0.717) is 36.5 Å². The molecule has 5 rings (SSSR count). The van der Waals surface area contributed by atoms with Crippen LogP contribution in [0.3, 0.4) is 0 Å². The molecule has 2 atom stereocenters. The third kappa shape index (κ3) is 5.75. The quantitative estimate of drug-likeness (QED) is 0.455. The zero-order valence-corrected chi connectivity index (χ0v) is 20.7. The van der Waals surface area contributed by atoms with E-state index >= 15 is 0 Å². The summed E-state index contributed by atoms with van der Waals surface area (Å²) >= 11 is 0. The first-order chi connectivity index (χ1) is 16.9. The summed E-state index contributed by atoms with van der Waals surface area (Å²) in [6.07, 6.45) is 12.2. The summed E-state index contributed by atoms with van der Waals surface area (Å²) in [5.74, 6) is 1.32. The minimum Gasteiger partial charge on any atom is -0.370 e. The van der Waals surface area contributed by atoms with E-state index in [9.17, 15) is 13.2 Å². The molecule has 9 heteroatoms. The lowest BCUT2D eigenvalue weighted by Crippen LogP contribution is -2.32. The highest BCUT2D eigenvalue weighted by molar-refractivity contribution is 5.15. The molecule has 0 aliphatic heterocycles. The maximum absolute atomic E-state index is 13.1. The van der Waals surface area contributed by atoms with Crippen LogP contribution < -0.4 is 0 Å². The van der Waals surface area contributed by atoms with Crippen molar-refractivity contribution in [2.24, 2.45) is 13.0 Å². The van der Waals surface area contributed by atoms with E-state index in [4.69, 9.17) is 9.84 Å². The van der Waals surface area contributed by atoms with Crippen LogP contribution >= 0.6 is 0 Å². The Morgan fingerprint density at radius 1 is 0.914 bits per heavy atom. The Morgan fingerprint density at radius 2 is 1.66 bits per heavy atom. The third-order valence-electron chi connectivity index (χ3n) is 8.67. The monoisotopic (exact) mass is 493 g/mol. The smallest absolute Gasteiger partial charge is 0.370 e. The molecule has 3 aliphatic carbocycles. The predicted octanol–water partition coefficient (Wildman–Crippen LogP) is 6.60. The van der Waals surface area contributed by atoms with Crippen molar-refractivity contribution in [1.82, 2.24) is 24.5 Å². The molecule has 3 fully saturated rings. The van der Waals surface area contributed by atoms with Crippen LogP contribution in [0.1, 0.15) is 119 Å². The van der Waals surface area contributed by atoms with Gasteiger partial charge < -0.3 is 9.30 Å². The van der Waals surface area contributed by atoms with Crippen molar-refractivity contribution in [2.45, 2.75) is 120 Å². The van der Waals surface area contributed by atoms with Gasteiger partial charge in [-0.25, -0.2) is 0 Å². The molecule has 0 radical (unpaired) electrons. The van der Waals surface area contributed by atoms with Crippen molar-refractivity contribution < 1.29 is 17.9 Å². The second kappa shape index (κ2) is 10.6. The van der Waals surface area contributed by atoms with Crippen molar-refractivity contribution >= 4 is 0 Å². The summed E-state index contributed by atoms with van der Waals surface area (Å²) < 4.78 is 49.3. The van der Waals surface area contributed by atoms with Gasteiger partial charge in [-0.1, -0.05) is 25.7 Å². The van der Waals surface area contributed by atoms with Gasteiger partial charge in [0.1, 0.15) is 12.4 Å². The number of rotatable bonds is 6. The van der Waals surface area contributed by atoms with Crippen LogP contribution in [0.2, 0.25) is 0 Å². The highest BCUT2D eigenvalue weighted by Crippen LogP contribution is 2.41. The fourth-order valence-electron chi connectivity index (χ4n) is 6.44. The molecule has 6 nitrogen and oxygen atoms in total. The molecule has 3 aliphatic rings. The Kier molecular flexibility index (Phi) is 7.51. The van der Waals surface area contributed by atoms with E-state index in [2.05, 4.69) is 27.3 Å².